The van der Waals surface area contributed by atoms with E-state index in [1.807, 2.05) is 24.3 Å². The molecule has 4 heteroatoms. The van der Waals surface area contributed by atoms with Crippen molar-refractivity contribution in [3.05, 3.63) is 64.1 Å². The maximum absolute atomic E-state index is 12.2. The summed E-state index contributed by atoms with van der Waals surface area (Å²) in [6.45, 7) is 0.500. The molecule has 0 bridgehead atoms. The summed E-state index contributed by atoms with van der Waals surface area (Å²) in [6.07, 6.45) is 0. The van der Waals surface area contributed by atoms with Crippen LogP contribution in [0.25, 0.3) is 0 Å². The van der Waals surface area contributed by atoms with Crippen molar-refractivity contribution < 1.29 is 9.90 Å². The van der Waals surface area contributed by atoms with E-state index in [1.54, 1.807) is 30.1 Å². The predicted octanol–water partition coefficient (Wildman–Crippen LogP) is 3.43. The predicted molar refractivity (Wildman–Crippen MR) is 78.0 cm³/mol. The molecule has 0 heterocycles. The Morgan fingerprint density at radius 2 is 1.79 bits per heavy atom. The first-order valence-corrected chi connectivity index (χ1v) is 6.65. The number of halogens is 1. The van der Waals surface area contributed by atoms with E-state index in [2.05, 4.69) is 15.9 Å². The lowest BCUT2D eigenvalue weighted by Gasteiger charge is -2.18. The number of nitrogens with zero attached hydrogens (tertiary/aromatic N) is 1. The first-order chi connectivity index (χ1) is 9.08. The molecule has 2 aromatic rings. The van der Waals surface area contributed by atoms with Gasteiger partial charge in [-0.3, -0.25) is 4.79 Å². The number of amides is 1. The summed E-state index contributed by atoms with van der Waals surface area (Å²) in [7, 11) is 1.72. The molecule has 1 N–H and O–H groups in total. The van der Waals surface area contributed by atoms with Crippen LogP contribution >= 0.6 is 15.9 Å². The van der Waals surface area contributed by atoms with Crippen LogP contribution in [0.15, 0.2) is 53.0 Å². The molecule has 0 fully saturated rings. The third-order valence-corrected chi connectivity index (χ3v) is 3.34. The van der Waals surface area contributed by atoms with Crippen LogP contribution in [-0.4, -0.2) is 23.0 Å². The van der Waals surface area contributed by atoms with E-state index >= 15 is 0 Å². The smallest absolute Gasteiger partial charge is 0.257 e. The van der Waals surface area contributed by atoms with E-state index in [4.69, 9.17) is 0 Å². The Morgan fingerprint density at radius 3 is 2.42 bits per heavy atom. The van der Waals surface area contributed by atoms with Crippen molar-refractivity contribution in [2.24, 2.45) is 0 Å². The van der Waals surface area contributed by atoms with Crippen LogP contribution in [0.4, 0.5) is 0 Å². The zero-order chi connectivity index (χ0) is 13.8. The first-order valence-electron chi connectivity index (χ1n) is 5.86. The molecule has 3 nitrogen and oxygen atoms in total. The molecule has 2 aromatic carbocycles. The molecule has 19 heavy (non-hydrogen) atoms. The topological polar surface area (TPSA) is 40.5 Å². The fraction of sp³-hybridized carbons (Fsp3) is 0.133. The summed E-state index contributed by atoms with van der Waals surface area (Å²) in [4.78, 5) is 13.8. The van der Waals surface area contributed by atoms with Gasteiger partial charge in [-0.25, -0.2) is 0 Å². The summed E-state index contributed by atoms with van der Waals surface area (Å²) in [5, 5.41) is 9.68. The second-order valence-corrected chi connectivity index (χ2v) is 5.22. The van der Waals surface area contributed by atoms with Gasteiger partial charge in [0.1, 0.15) is 5.75 Å². The fourth-order valence-electron chi connectivity index (χ4n) is 1.80. The van der Waals surface area contributed by atoms with Crippen molar-refractivity contribution in [2.75, 3.05) is 7.05 Å². The summed E-state index contributed by atoms with van der Waals surface area (Å²) in [5.74, 6) is -0.184. The van der Waals surface area contributed by atoms with E-state index in [1.165, 1.54) is 6.07 Å². The number of aromatic hydroxyl groups is 1. The highest BCUT2D eigenvalue weighted by Gasteiger charge is 2.15. The van der Waals surface area contributed by atoms with Crippen LogP contribution in [-0.2, 0) is 6.54 Å². The average molecular weight is 320 g/mol. The van der Waals surface area contributed by atoms with Gasteiger partial charge in [-0.15, -0.1) is 0 Å². The summed E-state index contributed by atoms with van der Waals surface area (Å²) >= 11 is 3.37. The Morgan fingerprint density at radius 1 is 1.16 bits per heavy atom. The van der Waals surface area contributed by atoms with Gasteiger partial charge in [0, 0.05) is 18.1 Å². The Balaban J connectivity index is 2.12. The monoisotopic (exact) mass is 319 g/mol. The maximum atomic E-state index is 12.2. The van der Waals surface area contributed by atoms with Gasteiger partial charge in [0.15, 0.2) is 0 Å². The third-order valence-electron chi connectivity index (χ3n) is 2.81. The standard InChI is InChI=1S/C15H14BrNO2/c1-17(10-11-6-8-12(16)9-7-11)15(19)13-4-2-3-5-14(13)18/h2-9,18H,10H2,1H3. The van der Waals surface area contributed by atoms with Crippen LogP contribution < -0.4 is 0 Å². The second-order valence-electron chi connectivity index (χ2n) is 4.30. The number of carbonyl (C=O) groups excluding carboxylic acids is 1. The number of para-hydroxylation sites is 1. The summed E-state index contributed by atoms with van der Waals surface area (Å²) in [5.41, 5.74) is 1.36. The molecular weight excluding hydrogens is 306 g/mol. The minimum absolute atomic E-state index is 0.00940. The van der Waals surface area contributed by atoms with Crippen molar-refractivity contribution in [3.63, 3.8) is 0 Å². The number of hydrogen-bond donors (Lipinski definition) is 1. The Kier molecular flexibility index (Phi) is 4.22. The Labute approximate surface area is 120 Å². The van der Waals surface area contributed by atoms with Gasteiger partial charge in [0.25, 0.3) is 5.91 Å². The highest BCUT2D eigenvalue weighted by Crippen LogP contribution is 2.18. The zero-order valence-corrected chi connectivity index (χ0v) is 12.1. The van der Waals surface area contributed by atoms with Crippen LogP contribution in [0.2, 0.25) is 0 Å². The molecule has 0 spiro atoms. The SMILES string of the molecule is CN(Cc1ccc(Br)cc1)C(=O)c1ccccc1O. The maximum Gasteiger partial charge on any atom is 0.257 e. The largest absolute Gasteiger partial charge is 0.507 e. The number of rotatable bonds is 3. The molecule has 98 valence electrons. The number of benzene rings is 2. The molecule has 0 aliphatic rings. The van der Waals surface area contributed by atoms with Gasteiger partial charge < -0.3 is 10.0 Å². The minimum atomic E-state index is -0.194. The molecule has 0 saturated carbocycles. The Bertz CT molecular complexity index is 581. The molecule has 1 amide bonds. The molecule has 0 saturated heterocycles. The summed E-state index contributed by atoms with van der Waals surface area (Å²) in [6, 6.07) is 14.4. The van der Waals surface area contributed by atoms with Gasteiger partial charge in [-0.05, 0) is 29.8 Å². The number of phenolic OH excluding ortho intramolecular Hbond substituents is 1. The second kappa shape index (κ2) is 5.89. The van der Waals surface area contributed by atoms with Gasteiger partial charge in [0.2, 0.25) is 0 Å². The van der Waals surface area contributed by atoms with Crippen molar-refractivity contribution in [2.45, 2.75) is 6.54 Å². The van der Waals surface area contributed by atoms with E-state index in [0.29, 0.717) is 12.1 Å². The number of carbonyl (C=O) groups is 1. The lowest BCUT2D eigenvalue weighted by molar-refractivity contribution is 0.0782. The molecular formula is C15H14BrNO2. The fourth-order valence-corrected chi connectivity index (χ4v) is 2.06. The molecule has 0 aliphatic carbocycles. The molecule has 2 rings (SSSR count). The number of phenols is 1. The quantitative estimate of drug-likeness (QED) is 0.941. The van der Waals surface area contributed by atoms with Crippen LogP contribution in [0.5, 0.6) is 5.75 Å². The number of hydrogen-bond acceptors (Lipinski definition) is 2. The molecule has 0 unspecified atom stereocenters. The lowest BCUT2D eigenvalue weighted by atomic mass is 10.1. The van der Waals surface area contributed by atoms with Crippen molar-refractivity contribution in [1.82, 2.24) is 4.90 Å². The van der Waals surface area contributed by atoms with Crippen molar-refractivity contribution in [1.29, 1.82) is 0 Å². The van der Waals surface area contributed by atoms with E-state index in [9.17, 15) is 9.90 Å². The van der Waals surface area contributed by atoms with Crippen LogP contribution in [0.3, 0.4) is 0 Å². The van der Waals surface area contributed by atoms with Gasteiger partial charge >= 0.3 is 0 Å². The Hall–Kier alpha value is -1.81. The molecule has 0 aliphatic heterocycles. The molecule has 0 radical (unpaired) electrons. The van der Waals surface area contributed by atoms with Crippen molar-refractivity contribution >= 4 is 21.8 Å². The normalized spacial score (nSPS) is 10.2. The van der Waals surface area contributed by atoms with Gasteiger partial charge in [0.05, 0.1) is 5.56 Å². The van der Waals surface area contributed by atoms with E-state index < -0.39 is 0 Å². The lowest BCUT2D eigenvalue weighted by Crippen LogP contribution is -2.26. The summed E-state index contributed by atoms with van der Waals surface area (Å²) < 4.78 is 1.01. The zero-order valence-electron chi connectivity index (χ0n) is 10.5. The van der Waals surface area contributed by atoms with Crippen molar-refractivity contribution in [3.8, 4) is 5.75 Å². The first kappa shape index (κ1) is 13.6. The molecule has 0 aromatic heterocycles. The van der Waals surface area contributed by atoms with Crippen LogP contribution in [0, 0.1) is 0 Å². The van der Waals surface area contributed by atoms with Crippen LogP contribution in [0.1, 0.15) is 15.9 Å². The van der Waals surface area contributed by atoms with E-state index in [0.717, 1.165) is 10.0 Å². The minimum Gasteiger partial charge on any atom is -0.507 e. The third kappa shape index (κ3) is 3.35. The van der Waals surface area contributed by atoms with Gasteiger partial charge in [-0.1, -0.05) is 40.2 Å². The van der Waals surface area contributed by atoms with E-state index in [-0.39, 0.29) is 11.7 Å². The highest BCUT2D eigenvalue weighted by atomic mass is 79.9. The molecule has 0 atom stereocenters. The average Bonchev–Trinajstić information content (AvgIpc) is 2.41. The van der Waals surface area contributed by atoms with Gasteiger partial charge in [-0.2, -0.15) is 0 Å². The highest BCUT2D eigenvalue weighted by molar-refractivity contribution is 9.10.